The number of sulfonamides is 1. The Hall–Kier alpha value is -3.33. The van der Waals surface area contributed by atoms with E-state index in [4.69, 9.17) is 9.26 Å². The molecule has 0 spiro atoms. The van der Waals surface area contributed by atoms with E-state index in [1.54, 1.807) is 26.0 Å². The van der Waals surface area contributed by atoms with Crippen molar-refractivity contribution < 1.29 is 22.5 Å². The van der Waals surface area contributed by atoms with Gasteiger partial charge in [0.1, 0.15) is 11.5 Å². The molecule has 3 aromatic rings. The number of hydrogen-bond acceptors (Lipinski definition) is 6. The van der Waals surface area contributed by atoms with Gasteiger partial charge in [0.25, 0.3) is 15.9 Å². The third-order valence-corrected chi connectivity index (χ3v) is 5.09. The minimum atomic E-state index is -3.81. The number of ether oxygens (including phenoxy) is 1. The first-order valence-corrected chi connectivity index (χ1v) is 9.90. The molecular formula is C19H19N3O5S. The molecule has 9 heteroatoms. The van der Waals surface area contributed by atoms with E-state index in [9.17, 15) is 13.2 Å². The van der Waals surface area contributed by atoms with E-state index in [1.165, 1.54) is 30.3 Å². The highest BCUT2D eigenvalue weighted by molar-refractivity contribution is 7.92. The summed E-state index contributed by atoms with van der Waals surface area (Å²) >= 11 is 0. The Morgan fingerprint density at radius 1 is 1.11 bits per heavy atom. The number of carbonyl (C=O) groups is 1. The number of rotatable bonds is 7. The van der Waals surface area contributed by atoms with Gasteiger partial charge in [-0.25, -0.2) is 8.42 Å². The summed E-state index contributed by atoms with van der Waals surface area (Å²) < 4.78 is 37.4. The molecule has 0 fully saturated rings. The van der Waals surface area contributed by atoms with Gasteiger partial charge in [0.05, 0.1) is 4.90 Å². The topological polar surface area (TPSA) is 111 Å². The number of para-hydroxylation sites is 1. The molecule has 0 saturated heterocycles. The lowest BCUT2D eigenvalue weighted by Crippen LogP contribution is -2.30. The molecule has 2 N–H and O–H groups in total. The lowest BCUT2D eigenvalue weighted by Gasteiger charge is -2.15. The van der Waals surface area contributed by atoms with Crippen LogP contribution in [0.4, 0.5) is 11.5 Å². The molecule has 0 radical (unpaired) electrons. The summed E-state index contributed by atoms with van der Waals surface area (Å²) in [6.07, 6.45) is -0.720. The molecule has 0 aliphatic rings. The molecule has 1 heterocycles. The van der Waals surface area contributed by atoms with Gasteiger partial charge in [-0.3, -0.25) is 9.52 Å². The average molecular weight is 401 g/mol. The van der Waals surface area contributed by atoms with Crippen molar-refractivity contribution >= 4 is 27.4 Å². The summed E-state index contributed by atoms with van der Waals surface area (Å²) in [5, 5.41) is 6.29. The number of nitrogens with one attached hydrogen (secondary N) is 2. The van der Waals surface area contributed by atoms with Crippen LogP contribution < -0.4 is 14.8 Å². The van der Waals surface area contributed by atoms with E-state index in [0.717, 1.165) is 0 Å². The van der Waals surface area contributed by atoms with E-state index in [1.807, 2.05) is 18.2 Å². The summed E-state index contributed by atoms with van der Waals surface area (Å²) in [6, 6.07) is 16.2. The summed E-state index contributed by atoms with van der Waals surface area (Å²) in [5.41, 5.74) is 0.449. The van der Waals surface area contributed by atoms with Crippen molar-refractivity contribution in [2.75, 3.05) is 10.0 Å². The second-order valence-corrected chi connectivity index (χ2v) is 7.70. The Labute approximate surface area is 162 Å². The summed E-state index contributed by atoms with van der Waals surface area (Å²) in [7, 11) is -3.81. The lowest BCUT2D eigenvalue weighted by atomic mass is 10.3. The van der Waals surface area contributed by atoms with Crippen molar-refractivity contribution in [2.45, 2.75) is 24.8 Å². The average Bonchev–Trinajstić information content (AvgIpc) is 3.07. The van der Waals surface area contributed by atoms with Gasteiger partial charge in [-0.1, -0.05) is 23.4 Å². The Balaban J connectivity index is 1.62. The minimum absolute atomic E-state index is 0.0275. The summed E-state index contributed by atoms with van der Waals surface area (Å²) in [5.74, 6) is 0.820. The zero-order valence-electron chi connectivity index (χ0n) is 15.2. The van der Waals surface area contributed by atoms with E-state index in [-0.39, 0.29) is 16.6 Å². The molecule has 1 aromatic heterocycles. The lowest BCUT2D eigenvalue weighted by molar-refractivity contribution is -0.122. The van der Waals surface area contributed by atoms with Crippen LogP contribution in [0.5, 0.6) is 5.75 Å². The molecular weight excluding hydrogens is 382 g/mol. The SMILES string of the molecule is Cc1cc(NS(=O)(=O)c2ccc(NC(=O)C(C)Oc3ccccc3)cc2)no1. The molecule has 8 nitrogen and oxygen atoms in total. The molecule has 3 rings (SSSR count). The molecule has 1 atom stereocenters. The van der Waals surface area contributed by atoms with Gasteiger partial charge in [0.15, 0.2) is 11.9 Å². The van der Waals surface area contributed by atoms with Crippen LogP contribution in [0.2, 0.25) is 0 Å². The van der Waals surface area contributed by atoms with Crippen LogP contribution in [-0.2, 0) is 14.8 Å². The Morgan fingerprint density at radius 2 is 1.79 bits per heavy atom. The number of benzene rings is 2. The predicted molar refractivity (Wildman–Crippen MR) is 104 cm³/mol. The standard InChI is InChI=1S/C19H19N3O5S/c1-13-12-18(21-27-13)22-28(24,25)17-10-8-15(9-11-17)20-19(23)14(2)26-16-6-4-3-5-7-16/h3-12,14H,1-2H3,(H,20,23)(H,21,22). The fourth-order valence-electron chi connectivity index (χ4n) is 2.33. The van der Waals surface area contributed by atoms with Gasteiger partial charge in [-0.05, 0) is 50.2 Å². The highest BCUT2D eigenvalue weighted by Crippen LogP contribution is 2.19. The second-order valence-electron chi connectivity index (χ2n) is 6.02. The number of anilines is 2. The van der Waals surface area contributed by atoms with Crippen LogP contribution in [-0.4, -0.2) is 25.6 Å². The van der Waals surface area contributed by atoms with Gasteiger partial charge in [-0.15, -0.1) is 0 Å². The monoisotopic (exact) mass is 401 g/mol. The maximum Gasteiger partial charge on any atom is 0.265 e. The normalized spacial score (nSPS) is 12.2. The molecule has 1 amide bonds. The number of carbonyl (C=O) groups excluding carboxylic acids is 1. The summed E-state index contributed by atoms with van der Waals surface area (Å²) in [4.78, 5) is 12.3. The van der Waals surface area contributed by atoms with E-state index in [0.29, 0.717) is 17.2 Å². The molecule has 0 bridgehead atoms. The molecule has 0 aliphatic carbocycles. The zero-order valence-corrected chi connectivity index (χ0v) is 16.1. The maximum absolute atomic E-state index is 12.4. The fraction of sp³-hybridized carbons (Fsp3) is 0.158. The van der Waals surface area contributed by atoms with Crippen LogP contribution in [0.1, 0.15) is 12.7 Å². The highest BCUT2D eigenvalue weighted by atomic mass is 32.2. The van der Waals surface area contributed by atoms with Crippen LogP contribution in [0.3, 0.4) is 0 Å². The number of hydrogen-bond donors (Lipinski definition) is 2. The number of amides is 1. The van der Waals surface area contributed by atoms with E-state index in [2.05, 4.69) is 15.2 Å². The van der Waals surface area contributed by atoms with Gasteiger partial charge in [-0.2, -0.15) is 0 Å². The minimum Gasteiger partial charge on any atom is -0.481 e. The van der Waals surface area contributed by atoms with Crippen LogP contribution in [0, 0.1) is 6.92 Å². The van der Waals surface area contributed by atoms with Gasteiger partial charge in [0.2, 0.25) is 0 Å². The highest BCUT2D eigenvalue weighted by Gasteiger charge is 2.18. The first-order chi connectivity index (χ1) is 13.3. The van der Waals surface area contributed by atoms with Crippen molar-refractivity contribution in [3.8, 4) is 5.75 Å². The smallest absolute Gasteiger partial charge is 0.265 e. The molecule has 28 heavy (non-hydrogen) atoms. The maximum atomic E-state index is 12.4. The quantitative estimate of drug-likeness (QED) is 0.629. The molecule has 146 valence electrons. The van der Waals surface area contributed by atoms with Gasteiger partial charge < -0.3 is 14.6 Å². The van der Waals surface area contributed by atoms with E-state index < -0.39 is 16.1 Å². The second kappa shape index (κ2) is 8.13. The predicted octanol–water partition coefficient (Wildman–Crippen LogP) is 3.19. The molecule has 0 saturated carbocycles. The zero-order chi connectivity index (χ0) is 20.1. The number of aryl methyl sites for hydroxylation is 1. The molecule has 0 aliphatic heterocycles. The first-order valence-electron chi connectivity index (χ1n) is 8.42. The van der Waals surface area contributed by atoms with Crippen molar-refractivity contribution in [1.82, 2.24) is 5.16 Å². The van der Waals surface area contributed by atoms with E-state index >= 15 is 0 Å². The van der Waals surface area contributed by atoms with Crippen LogP contribution in [0.25, 0.3) is 0 Å². The fourth-order valence-corrected chi connectivity index (χ4v) is 3.31. The van der Waals surface area contributed by atoms with Crippen LogP contribution >= 0.6 is 0 Å². The Morgan fingerprint density at radius 3 is 2.39 bits per heavy atom. The van der Waals surface area contributed by atoms with Crippen molar-refractivity contribution in [3.05, 3.63) is 66.4 Å². The Bertz CT molecular complexity index is 1050. The third kappa shape index (κ3) is 4.89. The molecule has 1 unspecified atom stereocenters. The summed E-state index contributed by atoms with van der Waals surface area (Å²) in [6.45, 7) is 3.29. The van der Waals surface area contributed by atoms with Crippen LogP contribution in [0.15, 0.2) is 70.1 Å². The number of nitrogens with zero attached hydrogens (tertiary/aromatic N) is 1. The van der Waals surface area contributed by atoms with Gasteiger partial charge in [0, 0.05) is 11.8 Å². The van der Waals surface area contributed by atoms with Crippen molar-refractivity contribution in [3.63, 3.8) is 0 Å². The van der Waals surface area contributed by atoms with Crippen molar-refractivity contribution in [1.29, 1.82) is 0 Å². The molecule has 2 aromatic carbocycles. The first kappa shape index (κ1) is 19.4. The largest absolute Gasteiger partial charge is 0.481 e. The van der Waals surface area contributed by atoms with Crippen molar-refractivity contribution in [2.24, 2.45) is 0 Å². The van der Waals surface area contributed by atoms with Gasteiger partial charge >= 0.3 is 0 Å². The third-order valence-electron chi connectivity index (χ3n) is 3.72. The number of aromatic nitrogens is 1. The Kier molecular flexibility index (Phi) is 5.65.